The van der Waals surface area contributed by atoms with Gasteiger partial charge in [-0.25, -0.2) is 0 Å². The Labute approximate surface area is 76.3 Å². The molecule has 0 saturated heterocycles. The summed E-state index contributed by atoms with van der Waals surface area (Å²) in [6.45, 7) is 6.21. The van der Waals surface area contributed by atoms with Gasteiger partial charge in [-0.05, 0) is 33.5 Å². The molecule has 0 fully saturated rings. The minimum atomic E-state index is 0.536. The first-order chi connectivity index (χ1) is 5.63. The maximum atomic E-state index is 5.23. The molecule has 2 atom stereocenters. The fourth-order valence-corrected chi connectivity index (χ4v) is 1.21. The van der Waals surface area contributed by atoms with Gasteiger partial charge in [0.1, 0.15) is 0 Å². The summed E-state index contributed by atoms with van der Waals surface area (Å²) >= 11 is 0. The summed E-state index contributed by atoms with van der Waals surface area (Å²) in [7, 11) is 4.04. The zero-order chi connectivity index (χ0) is 9.56. The molecule has 0 aromatic rings. The molecule has 0 rings (SSSR count). The van der Waals surface area contributed by atoms with Gasteiger partial charge in [0.25, 0.3) is 0 Å². The first-order valence-corrected chi connectivity index (χ1v) is 4.41. The largest absolute Gasteiger partial charge is 0.319 e. The predicted octanol–water partition coefficient (Wildman–Crippen LogP) is 0.795. The van der Waals surface area contributed by atoms with Crippen molar-refractivity contribution in [1.29, 1.82) is 0 Å². The minimum Gasteiger partial charge on any atom is -0.319 e. The molecule has 0 aromatic carbocycles. The Morgan fingerprint density at radius 3 is 2.50 bits per heavy atom. The van der Waals surface area contributed by atoms with Crippen molar-refractivity contribution in [3.63, 3.8) is 0 Å². The Balaban J connectivity index is 3.83. The standard InChI is InChI=1S/C10H20N2/c1-6-7-12(5)10(3)9(2)8-11-4/h1,9-11H,7-8H2,2-5H3. The van der Waals surface area contributed by atoms with Crippen LogP contribution in [0.5, 0.6) is 0 Å². The van der Waals surface area contributed by atoms with Crippen molar-refractivity contribution in [1.82, 2.24) is 10.2 Å². The van der Waals surface area contributed by atoms with Crippen molar-refractivity contribution < 1.29 is 0 Å². The van der Waals surface area contributed by atoms with E-state index in [1.54, 1.807) is 0 Å². The molecule has 0 radical (unpaired) electrons. The molecular formula is C10H20N2. The van der Waals surface area contributed by atoms with Crippen molar-refractivity contribution in [2.45, 2.75) is 19.9 Å². The summed E-state index contributed by atoms with van der Waals surface area (Å²) in [5.74, 6) is 3.28. The molecule has 12 heavy (non-hydrogen) atoms. The van der Waals surface area contributed by atoms with Crippen LogP contribution in [0.15, 0.2) is 0 Å². The monoisotopic (exact) mass is 168 g/mol. The van der Waals surface area contributed by atoms with E-state index >= 15 is 0 Å². The summed E-state index contributed by atoms with van der Waals surface area (Å²) in [6, 6.07) is 0.536. The number of rotatable bonds is 5. The maximum absolute atomic E-state index is 5.23. The third-order valence-corrected chi connectivity index (χ3v) is 2.39. The second-order valence-corrected chi connectivity index (χ2v) is 3.39. The quantitative estimate of drug-likeness (QED) is 0.611. The molecule has 0 heterocycles. The maximum Gasteiger partial charge on any atom is 0.0598 e. The van der Waals surface area contributed by atoms with Gasteiger partial charge in [0.2, 0.25) is 0 Å². The van der Waals surface area contributed by atoms with Gasteiger partial charge in [0.05, 0.1) is 6.54 Å². The van der Waals surface area contributed by atoms with Gasteiger partial charge in [0, 0.05) is 6.04 Å². The molecule has 0 bridgehead atoms. The van der Waals surface area contributed by atoms with Gasteiger partial charge in [-0.3, -0.25) is 4.90 Å². The number of nitrogens with zero attached hydrogens (tertiary/aromatic N) is 1. The molecule has 2 unspecified atom stereocenters. The fraction of sp³-hybridized carbons (Fsp3) is 0.800. The average molecular weight is 168 g/mol. The first kappa shape index (κ1) is 11.5. The molecule has 2 nitrogen and oxygen atoms in total. The van der Waals surface area contributed by atoms with Gasteiger partial charge in [-0.1, -0.05) is 12.8 Å². The van der Waals surface area contributed by atoms with Crippen molar-refractivity contribution >= 4 is 0 Å². The van der Waals surface area contributed by atoms with Crippen molar-refractivity contribution in [3.8, 4) is 12.3 Å². The van der Waals surface area contributed by atoms with Crippen LogP contribution < -0.4 is 5.32 Å². The van der Waals surface area contributed by atoms with Crippen LogP contribution >= 0.6 is 0 Å². The Bertz CT molecular complexity index is 148. The third kappa shape index (κ3) is 3.75. The van der Waals surface area contributed by atoms with Gasteiger partial charge < -0.3 is 5.32 Å². The lowest BCUT2D eigenvalue weighted by Gasteiger charge is -2.28. The number of hydrogen-bond acceptors (Lipinski definition) is 2. The molecule has 0 spiro atoms. The second kappa shape index (κ2) is 6.05. The van der Waals surface area contributed by atoms with Gasteiger partial charge in [0.15, 0.2) is 0 Å². The van der Waals surface area contributed by atoms with Crippen LogP contribution in [-0.2, 0) is 0 Å². The summed E-state index contributed by atoms with van der Waals surface area (Å²) < 4.78 is 0. The van der Waals surface area contributed by atoms with E-state index in [0.717, 1.165) is 13.1 Å². The molecule has 0 amide bonds. The highest BCUT2D eigenvalue weighted by Crippen LogP contribution is 2.07. The van der Waals surface area contributed by atoms with Crippen LogP contribution in [0.1, 0.15) is 13.8 Å². The predicted molar refractivity (Wildman–Crippen MR) is 54.0 cm³/mol. The highest BCUT2D eigenvalue weighted by molar-refractivity contribution is 4.89. The molecule has 0 saturated carbocycles. The van der Waals surface area contributed by atoms with Crippen molar-refractivity contribution in [2.24, 2.45) is 5.92 Å². The molecule has 0 aliphatic carbocycles. The summed E-state index contributed by atoms with van der Waals surface area (Å²) in [4.78, 5) is 2.20. The molecule has 0 aromatic heterocycles. The molecule has 2 heteroatoms. The van der Waals surface area contributed by atoms with Crippen LogP contribution in [0, 0.1) is 18.3 Å². The van der Waals surface area contributed by atoms with Gasteiger partial charge >= 0.3 is 0 Å². The molecular weight excluding hydrogens is 148 g/mol. The third-order valence-electron chi connectivity index (χ3n) is 2.39. The van der Waals surface area contributed by atoms with E-state index in [-0.39, 0.29) is 0 Å². The Kier molecular flexibility index (Phi) is 5.79. The SMILES string of the molecule is C#CCN(C)C(C)C(C)CNC. The smallest absolute Gasteiger partial charge is 0.0598 e. The highest BCUT2D eigenvalue weighted by atomic mass is 15.1. The zero-order valence-corrected chi connectivity index (χ0v) is 8.59. The van der Waals surface area contributed by atoms with E-state index in [4.69, 9.17) is 6.42 Å². The molecule has 0 aliphatic heterocycles. The first-order valence-electron chi connectivity index (χ1n) is 4.41. The van der Waals surface area contributed by atoms with Gasteiger partial charge in [-0.15, -0.1) is 6.42 Å². The van der Waals surface area contributed by atoms with Crippen LogP contribution in [-0.4, -0.2) is 38.1 Å². The van der Waals surface area contributed by atoms with E-state index in [1.807, 2.05) is 7.05 Å². The van der Waals surface area contributed by atoms with E-state index < -0.39 is 0 Å². The lowest BCUT2D eigenvalue weighted by atomic mass is 10.0. The topological polar surface area (TPSA) is 15.3 Å². The van der Waals surface area contributed by atoms with Crippen molar-refractivity contribution in [3.05, 3.63) is 0 Å². The number of terminal acetylenes is 1. The van der Waals surface area contributed by atoms with Crippen LogP contribution in [0.4, 0.5) is 0 Å². The molecule has 70 valence electrons. The number of hydrogen-bond donors (Lipinski definition) is 1. The number of nitrogens with one attached hydrogen (secondary N) is 1. The summed E-state index contributed by atoms with van der Waals surface area (Å²) in [5, 5.41) is 3.17. The van der Waals surface area contributed by atoms with E-state index in [1.165, 1.54) is 0 Å². The molecule has 0 aliphatic rings. The van der Waals surface area contributed by atoms with Crippen LogP contribution in [0.3, 0.4) is 0 Å². The second-order valence-electron chi connectivity index (χ2n) is 3.39. The van der Waals surface area contributed by atoms with Crippen LogP contribution in [0.25, 0.3) is 0 Å². The van der Waals surface area contributed by atoms with E-state index in [2.05, 4.69) is 37.0 Å². The van der Waals surface area contributed by atoms with Gasteiger partial charge in [-0.2, -0.15) is 0 Å². The Hall–Kier alpha value is -0.520. The lowest BCUT2D eigenvalue weighted by molar-refractivity contribution is 0.219. The zero-order valence-electron chi connectivity index (χ0n) is 8.59. The molecule has 1 N–H and O–H groups in total. The van der Waals surface area contributed by atoms with E-state index in [9.17, 15) is 0 Å². The highest BCUT2D eigenvalue weighted by Gasteiger charge is 2.14. The average Bonchev–Trinajstić information content (AvgIpc) is 2.04. The van der Waals surface area contributed by atoms with Crippen LogP contribution in [0.2, 0.25) is 0 Å². The summed E-state index contributed by atoms with van der Waals surface area (Å²) in [5.41, 5.74) is 0. The fourth-order valence-electron chi connectivity index (χ4n) is 1.21. The minimum absolute atomic E-state index is 0.536. The normalized spacial score (nSPS) is 15.7. The summed E-state index contributed by atoms with van der Waals surface area (Å²) in [6.07, 6.45) is 5.23. The van der Waals surface area contributed by atoms with Crippen molar-refractivity contribution in [2.75, 3.05) is 27.2 Å². The lowest BCUT2D eigenvalue weighted by Crippen LogP contribution is -2.38. The Morgan fingerprint density at radius 1 is 1.50 bits per heavy atom. The van der Waals surface area contributed by atoms with E-state index in [0.29, 0.717) is 12.0 Å². The Morgan fingerprint density at radius 2 is 2.08 bits per heavy atom.